The number of halogens is 1. The predicted molar refractivity (Wildman–Crippen MR) is 77.8 cm³/mol. The number of hydrogen-bond donors (Lipinski definition) is 2. The quantitative estimate of drug-likeness (QED) is 0.771. The molecule has 0 fully saturated rings. The van der Waals surface area contributed by atoms with E-state index in [4.69, 9.17) is 5.11 Å². The molecule has 0 spiro atoms. The van der Waals surface area contributed by atoms with Crippen LogP contribution in [0.1, 0.15) is 23.0 Å². The van der Waals surface area contributed by atoms with E-state index in [-0.39, 0.29) is 11.2 Å². The molecule has 3 aromatic rings. The van der Waals surface area contributed by atoms with Crippen molar-refractivity contribution in [2.75, 3.05) is 0 Å². The summed E-state index contributed by atoms with van der Waals surface area (Å²) in [5.41, 5.74) is 2.92. The molecule has 0 aliphatic rings. The Morgan fingerprint density at radius 1 is 1.33 bits per heavy atom. The summed E-state index contributed by atoms with van der Waals surface area (Å²) < 4.78 is 13.9. The van der Waals surface area contributed by atoms with Crippen molar-refractivity contribution in [2.24, 2.45) is 0 Å². The standard InChI is InChI=1S/C16H13FN2O2/c1-2-9-5-6-18-8-12(9)10-3-4-13(17)15-11(10)7-14(19-15)16(20)21/h3-8,19H,2H2,1H3,(H,20,21). The second kappa shape index (κ2) is 5.01. The SMILES string of the molecule is CCc1ccncc1-c1ccc(F)c2[nH]c(C(=O)O)cc12. The summed E-state index contributed by atoms with van der Waals surface area (Å²) in [7, 11) is 0. The summed E-state index contributed by atoms with van der Waals surface area (Å²) >= 11 is 0. The molecule has 2 aromatic heterocycles. The lowest BCUT2D eigenvalue weighted by Crippen LogP contribution is -1.95. The van der Waals surface area contributed by atoms with Crippen LogP contribution in [0.25, 0.3) is 22.0 Å². The highest BCUT2D eigenvalue weighted by molar-refractivity contribution is 6.01. The summed E-state index contributed by atoms with van der Waals surface area (Å²) in [6.07, 6.45) is 4.24. The zero-order valence-electron chi connectivity index (χ0n) is 11.4. The lowest BCUT2D eigenvalue weighted by atomic mass is 9.97. The fraction of sp³-hybridized carbons (Fsp3) is 0.125. The molecule has 0 radical (unpaired) electrons. The van der Waals surface area contributed by atoms with Crippen LogP contribution in [0.5, 0.6) is 0 Å². The van der Waals surface area contributed by atoms with Crippen LogP contribution in [-0.2, 0) is 6.42 Å². The molecule has 0 atom stereocenters. The van der Waals surface area contributed by atoms with Gasteiger partial charge in [-0.05, 0) is 35.7 Å². The van der Waals surface area contributed by atoms with Gasteiger partial charge in [0.25, 0.3) is 0 Å². The molecule has 0 aliphatic carbocycles. The van der Waals surface area contributed by atoms with E-state index < -0.39 is 11.8 Å². The van der Waals surface area contributed by atoms with Gasteiger partial charge in [0.2, 0.25) is 0 Å². The van der Waals surface area contributed by atoms with Gasteiger partial charge in [0.15, 0.2) is 0 Å². The van der Waals surface area contributed by atoms with Gasteiger partial charge in [-0.3, -0.25) is 4.98 Å². The normalized spacial score (nSPS) is 11.0. The highest BCUT2D eigenvalue weighted by atomic mass is 19.1. The fourth-order valence-corrected chi connectivity index (χ4v) is 2.51. The topological polar surface area (TPSA) is 66.0 Å². The number of carboxylic acids is 1. The molecule has 3 rings (SSSR count). The third-order valence-electron chi connectivity index (χ3n) is 3.56. The summed E-state index contributed by atoms with van der Waals surface area (Å²) in [6.45, 7) is 2.03. The van der Waals surface area contributed by atoms with Crippen molar-refractivity contribution in [1.29, 1.82) is 0 Å². The first kappa shape index (κ1) is 13.3. The third-order valence-corrected chi connectivity index (χ3v) is 3.56. The van der Waals surface area contributed by atoms with Gasteiger partial charge >= 0.3 is 5.97 Å². The van der Waals surface area contributed by atoms with Crippen molar-refractivity contribution in [3.8, 4) is 11.1 Å². The molecule has 5 heteroatoms. The van der Waals surface area contributed by atoms with Crippen molar-refractivity contribution in [3.63, 3.8) is 0 Å². The first-order valence-corrected chi connectivity index (χ1v) is 6.59. The van der Waals surface area contributed by atoms with Gasteiger partial charge in [0.05, 0.1) is 5.52 Å². The van der Waals surface area contributed by atoms with Gasteiger partial charge in [0.1, 0.15) is 11.5 Å². The number of aromatic nitrogens is 2. The molecular weight excluding hydrogens is 271 g/mol. The largest absolute Gasteiger partial charge is 0.477 e. The van der Waals surface area contributed by atoms with E-state index in [0.29, 0.717) is 5.39 Å². The molecule has 0 unspecified atom stereocenters. The number of hydrogen-bond acceptors (Lipinski definition) is 2. The fourth-order valence-electron chi connectivity index (χ4n) is 2.51. The highest BCUT2D eigenvalue weighted by Gasteiger charge is 2.16. The number of pyridine rings is 1. The third kappa shape index (κ3) is 2.16. The number of benzene rings is 1. The zero-order chi connectivity index (χ0) is 15.0. The number of carbonyl (C=O) groups is 1. The van der Waals surface area contributed by atoms with Crippen molar-refractivity contribution in [2.45, 2.75) is 13.3 Å². The van der Waals surface area contributed by atoms with Crippen LogP contribution in [0.15, 0.2) is 36.7 Å². The summed E-state index contributed by atoms with van der Waals surface area (Å²) in [4.78, 5) is 17.8. The molecule has 0 saturated heterocycles. The van der Waals surface area contributed by atoms with Crippen molar-refractivity contribution >= 4 is 16.9 Å². The molecule has 0 amide bonds. The van der Waals surface area contributed by atoms with Crippen LogP contribution in [0.3, 0.4) is 0 Å². The summed E-state index contributed by atoms with van der Waals surface area (Å²) in [6, 6.07) is 6.37. The van der Waals surface area contributed by atoms with Crippen LogP contribution < -0.4 is 0 Å². The summed E-state index contributed by atoms with van der Waals surface area (Å²) in [5, 5.41) is 9.62. The van der Waals surface area contributed by atoms with Gasteiger partial charge in [-0.1, -0.05) is 13.0 Å². The molecule has 21 heavy (non-hydrogen) atoms. The Bertz CT molecular complexity index is 839. The van der Waals surface area contributed by atoms with Crippen molar-refractivity contribution in [1.82, 2.24) is 9.97 Å². The Kier molecular flexibility index (Phi) is 3.17. The van der Waals surface area contributed by atoms with Gasteiger partial charge < -0.3 is 10.1 Å². The minimum Gasteiger partial charge on any atom is -0.477 e. The minimum atomic E-state index is -1.11. The second-order valence-electron chi connectivity index (χ2n) is 4.76. The smallest absolute Gasteiger partial charge is 0.352 e. The number of H-pyrrole nitrogens is 1. The molecule has 2 heterocycles. The number of fused-ring (bicyclic) bond motifs is 1. The average molecular weight is 284 g/mol. The van der Waals surface area contributed by atoms with Gasteiger partial charge in [0, 0.05) is 23.3 Å². The predicted octanol–water partition coefficient (Wildman–Crippen LogP) is 3.63. The Hall–Kier alpha value is -2.69. The van der Waals surface area contributed by atoms with Crippen molar-refractivity contribution < 1.29 is 14.3 Å². The second-order valence-corrected chi connectivity index (χ2v) is 4.76. The highest BCUT2D eigenvalue weighted by Crippen LogP contribution is 2.32. The van der Waals surface area contributed by atoms with Crippen molar-refractivity contribution in [3.05, 3.63) is 53.7 Å². The van der Waals surface area contributed by atoms with E-state index in [1.165, 1.54) is 12.1 Å². The van der Waals surface area contributed by atoms with E-state index in [9.17, 15) is 9.18 Å². The Morgan fingerprint density at radius 3 is 2.86 bits per heavy atom. The molecule has 106 valence electrons. The zero-order valence-corrected chi connectivity index (χ0v) is 11.4. The molecule has 0 bridgehead atoms. The maximum Gasteiger partial charge on any atom is 0.352 e. The van der Waals surface area contributed by atoms with E-state index >= 15 is 0 Å². The first-order chi connectivity index (χ1) is 10.1. The van der Waals surface area contributed by atoms with Crippen LogP contribution in [0.4, 0.5) is 4.39 Å². The van der Waals surface area contributed by atoms with Crippen LogP contribution >= 0.6 is 0 Å². The molecule has 0 saturated carbocycles. The Morgan fingerprint density at radius 2 is 2.14 bits per heavy atom. The minimum absolute atomic E-state index is 0.0294. The van der Waals surface area contributed by atoms with Crippen LogP contribution in [0, 0.1) is 5.82 Å². The van der Waals surface area contributed by atoms with Crippen LogP contribution in [-0.4, -0.2) is 21.0 Å². The van der Waals surface area contributed by atoms with Gasteiger partial charge in [-0.25, -0.2) is 9.18 Å². The monoisotopic (exact) mass is 284 g/mol. The molecule has 2 N–H and O–H groups in total. The Balaban J connectivity index is 2.33. The molecule has 0 aliphatic heterocycles. The van der Waals surface area contributed by atoms with Gasteiger partial charge in [-0.15, -0.1) is 0 Å². The number of aromatic amines is 1. The number of nitrogens with one attached hydrogen (secondary N) is 1. The van der Waals surface area contributed by atoms with E-state index in [2.05, 4.69) is 9.97 Å². The van der Waals surface area contributed by atoms with Crippen LogP contribution in [0.2, 0.25) is 0 Å². The average Bonchev–Trinajstić information content (AvgIpc) is 2.94. The maximum atomic E-state index is 13.9. The van der Waals surface area contributed by atoms with E-state index in [1.54, 1.807) is 18.5 Å². The summed E-state index contributed by atoms with van der Waals surface area (Å²) in [5.74, 6) is -1.58. The van der Waals surface area contributed by atoms with E-state index in [0.717, 1.165) is 23.1 Å². The number of carboxylic acid groups (broad SMARTS) is 1. The number of aryl methyl sites for hydroxylation is 1. The number of nitrogens with zero attached hydrogens (tertiary/aromatic N) is 1. The molecule has 1 aromatic carbocycles. The maximum absolute atomic E-state index is 13.9. The first-order valence-electron chi connectivity index (χ1n) is 6.59. The van der Waals surface area contributed by atoms with E-state index in [1.807, 2.05) is 13.0 Å². The lowest BCUT2D eigenvalue weighted by Gasteiger charge is -2.08. The molecular formula is C16H13FN2O2. The lowest BCUT2D eigenvalue weighted by molar-refractivity contribution is 0.0691. The Labute approximate surface area is 120 Å². The molecule has 4 nitrogen and oxygen atoms in total. The number of aromatic carboxylic acids is 1. The van der Waals surface area contributed by atoms with Gasteiger partial charge in [-0.2, -0.15) is 0 Å². The number of rotatable bonds is 3.